The molecule has 29 heavy (non-hydrogen) atoms. The zero-order valence-corrected chi connectivity index (χ0v) is 18.1. The molecule has 0 atom stereocenters. The van der Waals surface area contributed by atoms with Gasteiger partial charge >= 0.3 is 5.82 Å². The second-order valence-corrected chi connectivity index (χ2v) is 7.61. The summed E-state index contributed by atoms with van der Waals surface area (Å²) in [5.41, 5.74) is 5.02. The van der Waals surface area contributed by atoms with Crippen molar-refractivity contribution in [2.24, 2.45) is 0 Å². The average Bonchev–Trinajstić information content (AvgIpc) is 3.08. The Morgan fingerprint density at radius 1 is 1.14 bits per heavy atom. The maximum absolute atomic E-state index is 12.6. The number of halogens is 1. The predicted octanol–water partition coefficient (Wildman–Crippen LogP) is 3.67. The van der Waals surface area contributed by atoms with Crippen LogP contribution in [0.25, 0.3) is 0 Å². The SMILES string of the molecule is Cc1ccccc1Cn1nc(C)c(NC(=O)Cn2nc([N+](=O)[O-])c(Br)c2C)c1C. The topological polar surface area (TPSA) is 108 Å². The summed E-state index contributed by atoms with van der Waals surface area (Å²) >= 11 is 3.15. The van der Waals surface area contributed by atoms with Crippen molar-refractivity contribution in [3.8, 4) is 0 Å². The van der Waals surface area contributed by atoms with Crippen molar-refractivity contribution in [3.63, 3.8) is 0 Å². The van der Waals surface area contributed by atoms with E-state index in [1.165, 1.54) is 10.2 Å². The number of aryl methyl sites for hydroxylation is 2. The number of rotatable bonds is 6. The Morgan fingerprint density at radius 2 is 1.83 bits per heavy atom. The number of nitro groups is 1. The lowest BCUT2D eigenvalue weighted by atomic mass is 10.1. The summed E-state index contributed by atoms with van der Waals surface area (Å²) in [6.07, 6.45) is 0. The summed E-state index contributed by atoms with van der Waals surface area (Å²) in [5.74, 6) is -0.645. The Hall–Kier alpha value is -3.01. The normalized spacial score (nSPS) is 10.9. The van der Waals surface area contributed by atoms with E-state index in [2.05, 4.69) is 37.5 Å². The minimum absolute atomic E-state index is 0.139. The molecule has 10 heteroatoms. The fourth-order valence-corrected chi connectivity index (χ4v) is 3.50. The smallest absolute Gasteiger partial charge is 0.358 e. The second-order valence-electron chi connectivity index (χ2n) is 6.82. The van der Waals surface area contributed by atoms with Crippen LogP contribution in [0.15, 0.2) is 28.7 Å². The number of hydrogen-bond donors (Lipinski definition) is 1. The average molecular weight is 461 g/mol. The monoisotopic (exact) mass is 460 g/mol. The Bertz CT molecular complexity index is 1100. The molecule has 0 aliphatic carbocycles. The van der Waals surface area contributed by atoms with Crippen molar-refractivity contribution < 1.29 is 9.72 Å². The molecule has 152 valence electrons. The van der Waals surface area contributed by atoms with E-state index >= 15 is 0 Å². The van der Waals surface area contributed by atoms with Gasteiger partial charge in [-0.2, -0.15) is 9.78 Å². The fourth-order valence-electron chi connectivity index (χ4n) is 3.07. The number of nitrogens with one attached hydrogen (secondary N) is 1. The second kappa shape index (κ2) is 8.16. The molecule has 1 amide bonds. The highest BCUT2D eigenvalue weighted by molar-refractivity contribution is 9.10. The van der Waals surface area contributed by atoms with E-state index in [-0.39, 0.29) is 22.7 Å². The van der Waals surface area contributed by atoms with Gasteiger partial charge in [-0.1, -0.05) is 24.3 Å². The summed E-state index contributed by atoms with van der Waals surface area (Å²) in [7, 11) is 0. The summed E-state index contributed by atoms with van der Waals surface area (Å²) in [4.78, 5) is 23.0. The van der Waals surface area contributed by atoms with Crippen LogP contribution in [-0.4, -0.2) is 30.4 Å². The van der Waals surface area contributed by atoms with Gasteiger partial charge in [0.2, 0.25) is 5.91 Å². The molecular weight excluding hydrogens is 440 g/mol. The minimum atomic E-state index is -0.588. The van der Waals surface area contributed by atoms with Crippen molar-refractivity contribution in [2.75, 3.05) is 5.32 Å². The molecule has 0 spiro atoms. The number of carbonyl (C=O) groups is 1. The van der Waals surface area contributed by atoms with Gasteiger partial charge in [-0.05, 0) is 59.7 Å². The molecule has 0 unspecified atom stereocenters. The molecule has 1 N–H and O–H groups in total. The van der Waals surface area contributed by atoms with E-state index in [0.717, 1.165) is 11.3 Å². The Morgan fingerprint density at radius 3 is 2.45 bits per heavy atom. The zero-order valence-electron chi connectivity index (χ0n) is 16.6. The van der Waals surface area contributed by atoms with Gasteiger partial charge in [0.05, 0.1) is 34.4 Å². The van der Waals surface area contributed by atoms with Crippen molar-refractivity contribution in [2.45, 2.75) is 40.8 Å². The first-order chi connectivity index (χ1) is 13.7. The van der Waals surface area contributed by atoms with Crippen LogP contribution in [-0.2, 0) is 17.9 Å². The Balaban J connectivity index is 1.78. The van der Waals surface area contributed by atoms with Crippen LogP contribution in [0.3, 0.4) is 0 Å². The number of carbonyl (C=O) groups excluding carboxylic acids is 1. The standard InChI is InChI=1S/C19H21BrN6O3/c1-11-7-5-6-8-15(11)9-24-14(4)18(12(2)22-24)21-16(27)10-25-13(3)17(20)19(23-25)26(28)29/h5-8H,9-10H2,1-4H3,(H,21,27). The first kappa shape index (κ1) is 20.7. The maximum Gasteiger partial charge on any atom is 0.404 e. The lowest BCUT2D eigenvalue weighted by molar-refractivity contribution is -0.390. The molecular formula is C19H21BrN6O3. The summed E-state index contributed by atoms with van der Waals surface area (Å²) in [5, 5.41) is 22.3. The predicted molar refractivity (Wildman–Crippen MR) is 112 cm³/mol. The van der Waals surface area contributed by atoms with Crippen molar-refractivity contribution >= 4 is 33.3 Å². The van der Waals surface area contributed by atoms with Gasteiger partial charge in [0, 0.05) is 0 Å². The van der Waals surface area contributed by atoms with Crippen LogP contribution >= 0.6 is 15.9 Å². The molecule has 3 rings (SSSR count). The van der Waals surface area contributed by atoms with Crippen LogP contribution in [0.4, 0.5) is 11.5 Å². The van der Waals surface area contributed by atoms with Crippen molar-refractivity contribution in [1.82, 2.24) is 19.6 Å². The number of nitrogens with zero attached hydrogens (tertiary/aromatic N) is 5. The van der Waals surface area contributed by atoms with Crippen LogP contribution in [0.5, 0.6) is 0 Å². The van der Waals surface area contributed by atoms with E-state index in [0.29, 0.717) is 23.6 Å². The number of anilines is 1. The molecule has 2 aromatic heterocycles. The highest BCUT2D eigenvalue weighted by Gasteiger charge is 2.25. The molecule has 0 aliphatic rings. The molecule has 1 aromatic carbocycles. The summed E-state index contributed by atoms with van der Waals surface area (Å²) in [6.45, 7) is 7.90. The Labute approximate surface area is 176 Å². The number of aromatic nitrogens is 4. The van der Waals surface area contributed by atoms with E-state index in [4.69, 9.17) is 0 Å². The fraction of sp³-hybridized carbons (Fsp3) is 0.316. The zero-order chi connectivity index (χ0) is 21.3. The number of benzene rings is 1. The van der Waals surface area contributed by atoms with Gasteiger partial charge in [-0.15, -0.1) is 0 Å². The van der Waals surface area contributed by atoms with Crippen LogP contribution in [0, 0.1) is 37.8 Å². The summed E-state index contributed by atoms with van der Waals surface area (Å²) in [6, 6.07) is 8.08. The largest absolute Gasteiger partial charge is 0.404 e. The number of amides is 1. The molecule has 0 fully saturated rings. The molecule has 0 saturated carbocycles. The van der Waals surface area contributed by atoms with Crippen LogP contribution < -0.4 is 5.32 Å². The van der Waals surface area contributed by atoms with E-state index in [1.807, 2.05) is 43.7 Å². The van der Waals surface area contributed by atoms with Crippen LogP contribution in [0.1, 0.15) is 28.2 Å². The molecule has 9 nitrogen and oxygen atoms in total. The van der Waals surface area contributed by atoms with Gasteiger partial charge < -0.3 is 15.4 Å². The van der Waals surface area contributed by atoms with Gasteiger partial charge in [0.25, 0.3) is 0 Å². The van der Waals surface area contributed by atoms with Gasteiger partial charge in [-0.3, -0.25) is 9.48 Å². The van der Waals surface area contributed by atoms with Gasteiger partial charge in [-0.25, -0.2) is 0 Å². The van der Waals surface area contributed by atoms with Crippen LogP contribution in [0.2, 0.25) is 0 Å². The van der Waals surface area contributed by atoms with Gasteiger partial charge in [0.15, 0.2) is 0 Å². The van der Waals surface area contributed by atoms with Gasteiger partial charge in [0.1, 0.15) is 11.0 Å². The highest BCUT2D eigenvalue weighted by Crippen LogP contribution is 2.27. The molecule has 3 aromatic rings. The van der Waals surface area contributed by atoms with E-state index in [9.17, 15) is 14.9 Å². The minimum Gasteiger partial charge on any atom is -0.358 e. The third-order valence-electron chi connectivity index (χ3n) is 4.81. The highest BCUT2D eigenvalue weighted by atomic mass is 79.9. The third-order valence-corrected chi connectivity index (χ3v) is 5.74. The first-order valence-corrected chi connectivity index (χ1v) is 9.74. The van der Waals surface area contributed by atoms with Crippen molar-refractivity contribution in [3.05, 3.63) is 67.1 Å². The lowest BCUT2D eigenvalue weighted by Gasteiger charge is -2.09. The van der Waals surface area contributed by atoms with E-state index in [1.54, 1.807) is 6.92 Å². The molecule has 0 saturated heterocycles. The molecule has 0 aliphatic heterocycles. The molecule has 0 radical (unpaired) electrons. The quantitative estimate of drug-likeness (QED) is 0.445. The summed E-state index contributed by atoms with van der Waals surface area (Å²) < 4.78 is 3.43. The first-order valence-electron chi connectivity index (χ1n) is 8.94. The van der Waals surface area contributed by atoms with Crippen molar-refractivity contribution in [1.29, 1.82) is 0 Å². The third kappa shape index (κ3) is 4.21. The number of hydrogen-bond acceptors (Lipinski definition) is 5. The lowest BCUT2D eigenvalue weighted by Crippen LogP contribution is -2.21. The maximum atomic E-state index is 12.6. The molecule has 0 bridgehead atoms. The Kier molecular flexibility index (Phi) is 5.83. The van der Waals surface area contributed by atoms with E-state index < -0.39 is 4.92 Å². The molecule has 2 heterocycles.